The summed E-state index contributed by atoms with van der Waals surface area (Å²) in [6, 6.07) is 5.50. The molecule has 1 aromatic rings. The Morgan fingerprint density at radius 2 is 2.07 bits per heavy atom. The van der Waals surface area contributed by atoms with Crippen LogP contribution in [0.3, 0.4) is 0 Å². The third-order valence-electron chi connectivity index (χ3n) is 4.19. The summed E-state index contributed by atoms with van der Waals surface area (Å²) in [7, 11) is -3.68. The third-order valence-corrected chi connectivity index (χ3v) is 5.65. The lowest BCUT2D eigenvalue weighted by Gasteiger charge is -2.24. The number of amides is 2. The molecule has 1 fully saturated rings. The van der Waals surface area contributed by atoms with Crippen molar-refractivity contribution >= 4 is 39.9 Å². The standard InChI is InChI=1S/C17H26N4O4S.ClH/c1-2-5-16(22)21-11-4-8-15(21)17(23)20-13-6-3-7-14(12-13)26(24,25)19-10-9-18;/h3,6-7,12,15,19H,2,4-5,8-11,18H2,1H3,(H,20,23);1H. The van der Waals surface area contributed by atoms with Crippen molar-refractivity contribution in [1.82, 2.24) is 9.62 Å². The summed E-state index contributed by atoms with van der Waals surface area (Å²) in [4.78, 5) is 26.4. The molecule has 1 aliphatic heterocycles. The minimum absolute atomic E-state index is 0. The number of rotatable bonds is 8. The van der Waals surface area contributed by atoms with E-state index < -0.39 is 16.1 Å². The van der Waals surface area contributed by atoms with Crippen LogP contribution in [0.2, 0.25) is 0 Å². The predicted molar refractivity (Wildman–Crippen MR) is 106 cm³/mol. The van der Waals surface area contributed by atoms with Crippen LogP contribution in [0.1, 0.15) is 32.6 Å². The van der Waals surface area contributed by atoms with Crippen LogP contribution >= 0.6 is 12.4 Å². The number of hydrogen-bond acceptors (Lipinski definition) is 5. The molecule has 0 aromatic heterocycles. The average Bonchev–Trinajstić information content (AvgIpc) is 3.10. The Morgan fingerprint density at radius 1 is 1.33 bits per heavy atom. The minimum Gasteiger partial charge on any atom is -0.331 e. The lowest BCUT2D eigenvalue weighted by Crippen LogP contribution is -2.43. The molecule has 0 radical (unpaired) electrons. The summed E-state index contributed by atoms with van der Waals surface area (Å²) in [5.74, 6) is -0.316. The van der Waals surface area contributed by atoms with Crippen LogP contribution in [0.5, 0.6) is 0 Å². The zero-order valence-corrected chi connectivity index (χ0v) is 16.9. The lowest BCUT2D eigenvalue weighted by molar-refractivity contribution is -0.136. The van der Waals surface area contributed by atoms with Gasteiger partial charge in [-0.3, -0.25) is 9.59 Å². The molecule has 0 bridgehead atoms. The first-order chi connectivity index (χ1) is 12.4. The van der Waals surface area contributed by atoms with E-state index in [1.54, 1.807) is 17.0 Å². The van der Waals surface area contributed by atoms with Crippen molar-refractivity contribution in [3.63, 3.8) is 0 Å². The van der Waals surface area contributed by atoms with Crippen molar-refractivity contribution < 1.29 is 18.0 Å². The van der Waals surface area contributed by atoms with Gasteiger partial charge in [-0.15, -0.1) is 12.4 Å². The molecular formula is C17H27ClN4O4S. The maximum Gasteiger partial charge on any atom is 0.247 e. The Kier molecular flexibility index (Phi) is 9.17. The van der Waals surface area contributed by atoms with Gasteiger partial charge in [-0.1, -0.05) is 13.0 Å². The van der Waals surface area contributed by atoms with E-state index in [-0.39, 0.29) is 42.2 Å². The number of halogens is 1. The van der Waals surface area contributed by atoms with Crippen molar-refractivity contribution in [2.45, 2.75) is 43.5 Å². The highest BCUT2D eigenvalue weighted by molar-refractivity contribution is 7.89. The summed E-state index contributed by atoms with van der Waals surface area (Å²) in [5, 5.41) is 2.73. The molecule has 1 atom stereocenters. The number of nitrogens with two attached hydrogens (primary N) is 1. The number of carbonyl (C=O) groups is 2. The maximum atomic E-state index is 12.6. The smallest absolute Gasteiger partial charge is 0.247 e. The first-order valence-electron chi connectivity index (χ1n) is 8.79. The summed E-state index contributed by atoms with van der Waals surface area (Å²) >= 11 is 0. The topological polar surface area (TPSA) is 122 Å². The quantitative estimate of drug-likeness (QED) is 0.583. The van der Waals surface area contributed by atoms with Crippen LogP contribution in [0.15, 0.2) is 29.2 Å². The highest BCUT2D eigenvalue weighted by Crippen LogP contribution is 2.21. The third kappa shape index (κ3) is 6.17. The fraction of sp³-hybridized carbons (Fsp3) is 0.529. The molecule has 1 aliphatic rings. The maximum absolute atomic E-state index is 12.6. The van der Waals surface area contributed by atoms with Crippen LogP contribution < -0.4 is 15.8 Å². The molecule has 10 heteroatoms. The van der Waals surface area contributed by atoms with Crippen LogP contribution in [-0.2, 0) is 19.6 Å². The molecule has 1 unspecified atom stereocenters. The number of carbonyl (C=O) groups excluding carboxylic acids is 2. The summed E-state index contributed by atoms with van der Waals surface area (Å²) in [5.41, 5.74) is 5.70. The van der Waals surface area contributed by atoms with Crippen molar-refractivity contribution in [2.24, 2.45) is 5.73 Å². The molecule has 0 spiro atoms. The number of anilines is 1. The molecule has 1 heterocycles. The normalized spacial score (nSPS) is 16.7. The fourth-order valence-electron chi connectivity index (χ4n) is 2.94. The largest absolute Gasteiger partial charge is 0.331 e. The van der Waals surface area contributed by atoms with Crippen molar-refractivity contribution in [2.75, 3.05) is 25.0 Å². The molecule has 1 saturated heterocycles. The summed E-state index contributed by atoms with van der Waals surface area (Å²) in [6.45, 7) is 2.83. The Bertz CT molecular complexity index is 757. The second kappa shape index (κ2) is 10.6. The van der Waals surface area contributed by atoms with Crippen LogP contribution in [0.25, 0.3) is 0 Å². The van der Waals surface area contributed by atoms with Gasteiger partial charge in [0.25, 0.3) is 0 Å². The first-order valence-corrected chi connectivity index (χ1v) is 10.3. The van der Waals surface area contributed by atoms with Crippen molar-refractivity contribution in [3.05, 3.63) is 24.3 Å². The molecule has 2 rings (SSSR count). The molecule has 27 heavy (non-hydrogen) atoms. The highest BCUT2D eigenvalue weighted by atomic mass is 35.5. The van der Waals surface area contributed by atoms with Gasteiger partial charge in [-0.05, 0) is 37.5 Å². The number of nitrogens with one attached hydrogen (secondary N) is 2. The highest BCUT2D eigenvalue weighted by Gasteiger charge is 2.33. The van der Waals surface area contributed by atoms with Gasteiger partial charge >= 0.3 is 0 Å². The fourth-order valence-corrected chi connectivity index (χ4v) is 4.03. The van der Waals surface area contributed by atoms with E-state index in [1.165, 1.54) is 12.1 Å². The Balaban J connectivity index is 0.00000364. The van der Waals surface area contributed by atoms with Gasteiger partial charge in [0, 0.05) is 31.7 Å². The second-order valence-electron chi connectivity index (χ2n) is 6.20. The lowest BCUT2D eigenvalue weighted by atomic mass is 10.2. The van der Waals surface area contributed by atoms with Crippen LogP contribution in [0, 0.1) is 0 Å². The van der Waals surface area contributed by atoms with Gasteiger partial charge in [0.1, 0.15) is 6.04 Å². The zero-order chi connectivity index (χ0) is 19.2. The molecule has 152 valence electrons. The van der Waals surface area contributed by atoms with Gasteiger partial charge in [0.05, 0.1) is 4.90 Å². The Labute approximate surface area is 166 Å². The van der Waals surface area contributed by atoms with Gasteiger partial charge in [-0.25, -0.2) is 13.1 Å². The number of sulfonamides is 1. The first kappa shape index (κ1) is 23.4. The van der Waals surface area contributed by atoms with Crippen LogP contribution in [-0.4, -0.2) is 50.8 Å². The number of hydrogen-bond donors (Lipinski definition) is 3. The second-order valence-corrected chi connectivity index (χ2v) is 7.97. The van der Waals surface area contributed by atoms with E-state index in [0.29, 0.717) is 25.1 Å². The van der Waals surface area contributed by atoms with Crippen LogP contribution in [0.4, 0.5) is 5.69 Å². The number of nitrogens with zero attached hydrogens (tertiary/aromatic N) is 1. The monoisotopic (exact) mass is 418 g/mol. The Morgan fingerprint density at radius 3 is 2.74 bits per heavy atom. The molecule has 4 N–H and O–H groups in total. The van der Waals surface area contributed by atoms with Crippen molar-refractivity contribution in [3.8, 4) is 0 Å². The molecule has 1 aromatic carbocycles. The van der Waals surface area contributed by atoms with Gasteiger partial charge in [0.15, 0.2) is 0 Å². The van der Waals surface area contributed by atoms with E-state index >= 15 is 0 Å². The number of benzene rings is 1. The summed E-state index contributed by atoms with van der Waals surface area (Å²) in [6.07, 6.45) is 2.55. The Hall–Kier alpha value is -1.68. The van der Waals surface area contributed by atoms with Crippen molar-refractivity contribution in [1.29, 1.82) is 0 Å². The SMILES string of the molecule is CCCC(=O)N1CCCC1C(=O)Nc1cccc(S(=O)(=O)NCCN)c1.Cl. The molecule has 2 amide bonds. The van der Waals surface area contributed by atoms with Gasteiger partial charge in [0.2, 0.25) is 21.8 Å². The van der Waals surface area contributed by atoms with E-state index in [4.69, 9.17) is 5.73 Å². The van der Waals surface area contributed by atoms with E-state index in [1.807, 2.05) is 6.92 Å². The zero-order valence-electron chi connectivity index (χ0n) is 15.3. The molecule has 0 aliphatic carbocycles. The van der Waals surface area contributed by atoms with E-state index in [9.17, 15) is 18.0 Å². The molecule has 0 saturated carbocycles. The van der Waals surface area contributed by atoms with Gasteiger partial charge < -0.3 is 16.0 Å². The van der Waals surface area contributed by atoms with E-state index in [2.05, 4.69) is 10.0 Å². The van der Waals surface area contributed by atoms with Gasteiger partial charge in [-0.2, -0.15) is 0 Å². The number of likely N-dealkylation sites (tertiary alicyclic amines) is 1. The van der Waals surface area contributed by atoms with E-state index in [0.717, 1.165) is 12.8 Å². The molecular weight excluding hydrogens is 392 g/mol. The average molecular weight is 419 g/mol. The minimum atomic E-state index is -3.68. The molecule has 8 nitrogen and oxygen atoms in total. The predicted octanol–water partition coefficient (Wildman–Crippen LogP) is 1.08. The summed E-state index contributed by atoms with van der Waals surface area (Å²) < 4.78 is 26.7.